The van der Waals surface area contributed by atoms with Crippen LogP contribution in [0.3, 0.4) is 0 Å². The quantitative estimate of drug-likeness (QED) is 0.514. The van der Waals surface area contributed by atoms with E-state index in [2.05, 4.69) is 58.4 Å². The van der Waals surface area contributed by atoms with Crippen LogP contribution in [-0.2, 0) is 17.6 Å². The molecule has 1 atom stereocenters. The molecule has 2 aliphatic rings. The van der Waals surface area contributed by atoms with Gasteiger partial charge in [0.05, 0.1) is 19.4 Å². The number of aromatic nitrogens is 5. The van der Waals surface area contributed by atoms with E-state index < -0.39 is 0 Å². The first-order chi connectivity index (χ1) is 15.7. The van der Waals surface area contributed by atoms with Crippen LogP contribution in [0.4, 0.5) is 11.9 Å². The maximum atomic E-state index is 5.53. The lowest BCUT2D eigenvalue weighted by Crippen LogP contribution is -2.38. The summed E-state index contributed by atoms with van der Waals surface area (Å²) in [7, 11) is 0. The Kier molecular flexibility index (Phi) is 4.75. The van der Waals surface area contributed by atoms with E-state index in [-0.39, 0.29) is 0 Å². The molecule has 0 bridgehead atoms. The highest BCUT2D eigenvalue weighted by molar-refractivity contribution is 5.85. The van der Waals surface area contributed by atoms with E-state index in [1.807, 2.05) is 10.7 Å². The maximum absolute atomic E-state index is 5.53. The number of ether oxygens (including phenoxy) is 1. The molecule has 1 saturated heterocycles. The minimum absolute atomic E-state index is 0.295. The van der Waals surface area contributed by atoms with Crippen LogP contribution in [0.25, 0.3) is 16.6 Å². The number of fused-ring (bicyclic) bond motifs is 4. The van der Waals surface area contributed by atoms with Crippen LogP contribution < -0.4 is 10.2 Å². The van der Waals surface area contributed by atoms with Gasteiger partial charge in [-0.05, 0) is 36.8 Å². The normalized spacial score (nSPS) is 19.1. The molecule has 4 aromatic rings. The van der Waals surface area contributed by atoms with E-state index in [0.29, 0.717) is 25.2 Å². The zero-order valence-corrected chi connectivity index (χ0v) is 18.6. The lowest BCUT2D eigenvalue weighted by atomic mass is 9.91. The Morgan fingerprint density at radius 3 is 2.84 bits per heavy atom. The average molecular weight is 432 g/mol. The van der Waals surface area contributed by atoms with Gasteiger partial charge in [-0.1, -0.05) is 32.0 Å². The van der Waals surface area contributed by atoms with Crippen molar-refractivity contribution in [1.29, 1.82) is 0 Å². The van der Waals surface area contributed by atoms with Gasteiger partial charge in [0.15, 0.2) is 5.65 Å². The second-order valence-electron chi connectivity index (χ2n) is 9.15. The predicted molar refractivity (Wildman–Crippen MR) is 126 cm³/mol. The van der Waals surface area contributed by atoms with Gasteiger partial charge in [-0.15, -0.1) is 0 Å². The molecule has 1 aliphatic heterocycles. The van der Waals surface area contributed by atoms with E-state index in [1.165, 1.54) is 22.2 Å². The summed E-state index contributed by atoms with van der Waals surface area (Å²) in [6.07, 6.45) is 4.98. The number of nitrogens with one attached hydrogen (secondary N) is 2. The van der Waals surface area contributed by atoms with Gasteiger partial charge in [0.1, 0.15) is 0 Å². The number of H-pyrrole nitrogens is 1. The lowest BCUT2D eigenvalue weighted by molar-refractivity contribution is 0.122. The number of rotatable bonds is 4. The molecule has 1 fully saturated rings. The molecular formula is C24H29N7O. The number of nitrogens with zero attached hydrogens (tertiary/aromatic N) is 5. The standard InChI is InChI=1S/C24H29N7O/c1-15(2)19-14-25-31-22(19)28-23(30-9-11-32-12-10-30)29-24(31)26-16-7-8-21-18(13-16)17-5-3-4-6-20(17)27-21/h3-6,14-16,27H,7-13H2,1-2H3,(H,26,28,29). The van der Waals surface area contributed by atoms with Crippen LogP contribution in [0.1, 0.15) is 43.0 Å². The van der Waals surface area contributed by atoms with E-state index in [4.69, 9.17) is 14.7 Å². The number of hydrogen-bond donors (Lipinski definition) is 2. The molecule has 6 rings (SSSR count). The van der Waals surface area contributed by atoms with Crippen LogP contribution in [0.5, 0.6) is 0 Å². The van der Waals surface area contributed by atoms with Gasteiger partial charge < -0.3 is 19.9 Å². The molecule has 3 aromatic heterocycles. The predicted octanol–water partition coefficient (Wildman–Crippen LogP) is 3.54. The van der Waals surface area contributed by atoms with Crippen molar-refractivity contribution in [2.45, 2.75) is 45.1 Å². The van der Waals surface area contributed by atoms with Gasteiger partial charge in [0, 0.05) is 41.3 Å². The lowest BCUT2D eigenvalue weighted by Gasteiger charge is -2.28. The summed E-state index contributed by atoms with van der Waals surface area (Å²) < 4.78 is 7.41. The van der Waals surface area contributed by atoms with Gasteiger partial charge in [0.25, 0.3) is 0 Å². The first-order valence-corrected chi connectivity index (χ1v) is 11.6. The highest BCUT2D eigenvalue weighted by Crippen LogP contribution is 2.31. The summed E-state index contributed by atoms with van der Waals surface area (Å²) in [5.41, 5.74) is 6.06. The molecule has 1 aromatic carbocycles. The SMILES string of the molecule is CC(C)c1cnn2c(NC3CCc4[nH]c5ccccc5c4C3)nc(N3CCOCC3)nc12. The monoisotopic (exact) mass is 431 g/mol. The third kappa shape index (κ3) is 3.30. The molecule has 2 N–H and O–H groups in total. The summed E-state index contributed by atoms with van der Waals surface area (Å²) in [6, 6.07) is 8.89. The first kappa shape index (κ1) is 19.5. The maximum Gasteiger partial charge on any atom is 0.230 e. The fourth-order valence-electron chi connectivity index (χ4n) is 4.96. The molecule has 0 saturated carbocycles. The number of hydrogen-bond acceptors (Lipinski definition) is 6. The van der Waals surface area contributed by atoms with Crippen molar-refractivity contribution in [1.82, 2.24) is 24.6 Å². The molecule has 1 aliphatic carbocycles. The second kappa shape index (κ2) is 7.78. The smallest absolute Gasteiger partial charge is 0.230 e. The number of anilines is 2. The topological polar surface area (TPSA) is 83.4 Å². The molecule has 8 nitrogen and oxygen atoms in total. The summed E-state index contributed by atoms with van der Waals surface area (Å²) in [4.78, 5) is 15.7. The van der Waals surface area contributed by atoms with Crippen molar-refractivity contribution < 1.29 is 4.74 Å². The van der Waals surface area contributed by atoms with E-state index in [0.717, 1.165) is 55.5 Å². The Bertz CT molecular complexity index is 1270. The molecule has 1 unspecified atom stereocenters. The fraction of sp³-hybridized carbons (Fsp3) is 0.458. The third-order valence-electron chi connectivity index (χ3n) is 6.73. The average Bonchev–Trinajstić information content (AvgIpc) is 3.41. The summed E-state index contributed by atoms with van der Waals surface area (Å²) in [5.74, 6) is 1.88. The van der Waals surface area contributed by atoms with Gasteiger partial charge in [0.2, 0.25) is 11.9 Å². The first-order valence-electron chi connectivity index (χ1n) is 11.6. The van der Waals surface area contributed by atoms with Gasteiger partial charge in [-0.2, -0.15) is 19.6 Å². The van der Waals surface area contributed by atoms with Crippen molar-refractivity contribution in [3.63, 3.8) is 0 Å². The largest absolute Gasteiger partial charge is 0.378 e. The Balaban J connectivity index is 1.36. The van der Waals surface area contributed by atoms with Crippen LogP contribution in [0.15, 0.2) is 30.5 Å². The van der Waals surface area contributed by atoms with Crippen molar-refractivity contribution in [2.24, 2.45) is 0 Å². The molecule has 166 valence electrons. The third-order valence-corrected chi connectivity index (χ3v) is 6.73. The van der Waals surface area contributed by atoms with Crippen molar-refractivity contribution >= 4 is 28.4 Å². The van der Waals surface area contributed by atoms with Crippen LogP contribution in [-0.4, -0.2) is 56.9 Å². The minimum atomic E-state index is 0.295. The number of benzene rings is 1. The van der Waals surface area contributed by atoms with E-state index in [9.17, 15) is 0 Å². The van der Waals surface area contributed by atoms with Gasteiger partial charge in [-0.3, -0.25) is 0 Å². The Morgan fingerprint density at radius 1 is 1.16 bits per heavy atom. The summed E-state index contributed by atoms with van der Waals surface area (Å²) >= 11 is 0. The Labute approximate surface area is 187 Å². The zero-order valence-electron chi connectivity index (χ0n) is 18.6. The van der Waals surface area contributed by atoms with Gasteiger partial charge >= 0.3 is 0 Å². The molecule has 4 heterocycles. The fourth-order valence-corrected chi connectivity index (χ4v) is 4.96. The van der Waals surface area contributed by atoms with Crippen LogP contribution >= 0.6 is 0 Å². The van der Waals surface area contributed by atoms with Crippen LogP contribution in [0.2, 0.25) is 0 Å². The second-order valence-corrected chi connectivity index (χ2v) is 9.15. The number of para-hydroxylation sites is 1. The number of morpholine rings is 1. The summed E-state index contributed by atoms with van der Waals surface area (Å²) in [5, 5.41) is 9.71. The Morgan fingerprint density at radius 2 is 2.00 bits per heavy atom. The zero-order chi connectivity index (χ0) is 21.7. The number of aromatic amines is 1. The minimum Gasteiger partial charge on any atom is -0.378 e. The van der Waals surface area contributed by atoms with Gasteiger partial charge in [-0.25, -0.2) is 0 Å². The molecule has 0 amide bonds. The molecule has 8 heteroatoms. The Hall–Kier alpha value is -3.13. The highest BCUT2D eigenvalue weighted by Gasteiger charge is 2.25. The van der Waals surface area contributed by atoms with E-state index >= 15 is 0 Å². The number of aryl methyl sites for hydroxylation is 1. The molecule has 32 heavy (non-hydrogen) atoms. The van der Waals surface area contributed by atoms with Crippen molar-refractivity contribution in [3.05, 3.63) is 47.3 Å². The molecular weight excluding hydrogens is 402 g/mol. The highest BCUT2D eigenvalue weighted by atomic mass is 16.5. The van der Waals surface area contributed by atoms with Crippen molar-refractivity contribution in [2.75, 3.05) is 36.5 Å². The molecule has 0 radical (unpaired) electrons. The van der Waals surface area contributed by atoms with Crippen molar-refractivity contribution in [3.8, 4) is 0 Å². The van der Waals surface area contributed by atoms with E-state index in [1.54, 1.807) is 0 Å². The van der Waals surface area contributed by atoms with Crippen LogP contribution in [0, 0.1) is 0 Å². The summed E-state index contributed by atoms with van der Waals surface area (Å²) in [6.45, 7) is 7.39. The molecule has 0 spiro atoms.